The maximum Gasteiger partial charge on any atom is 0.185 e. The fourth-order valence-corrected chi connectivity index (χ4v) is 4.50. The number of nitrogens with one attached hydrogen (secondary N) is 1. The van der Waals surface area contributed by atoms with Gasteiger partial charge in [-0.1, -0.05) is 42.5 Å². The molecule has 1 aliphatic rings. The standard InChI is InChI=1S/C22H24N4S2/c1-16-8-9-17(2)19(14-16)23-21(27)25-10-12-26(13-11-25)22-24-20(15-28-22)18-6-4-3-5-7-18/h3-9,14-15H,10-13H2,1-2H3,(H,23,27). The fourth-order valence-electron chi connectivity index (χ4n) is 3.32. The van der Waals surface area contributed by atoms with Gasteiger partial charge < -0.3 is 15.1 Å². The van der Waals surface area contributed by atoms with Crippen LogP contribution in [0.25, 0.3) is 11.3 Å². The van der Waals surface area contributed by atoms with Gasteiger partial charge in [-0.3, -0.25) is 0 Å². The van der Waals surface area contributed by atoms with Crippen molar-refractivity contribution in [2.24, 2.45) is 0 Å². The topological polar surface area (TPSA) is 31.4 Å². The van der Waals surface area contributed by atoms with Crippen molar-refractivity contribution in [3.63, 3.8) is 0 Å². The normalized spacial score (nSPS) is 14.2. The molecular formula is C22H24N4S2. The summed E-state index contributed by atoms with van der Waals surface area (Å²) in [5, 5.41) is 7.46. The van der Waals surface area contributed by atoms with E-state index in [0.29, 0.717) is 0 Å². The molecule has 1 aromatic heterocycles. The molecule has 2 heterocycles. The summed E-state index contributed by atoms with van der Waals surface area (Å²) < 4.78 is 0. The van der Waals surface area contributed by atoms with Crippen LogP contribution in [0, 0.1) is 13.8 Å². The summed E-state index contributed by atoms with van der Waals surface area (Å²) in [4.78, 5) is 9.45. The zero-order valence-electron chi connectivity index (χ0n) is 16.2. The Balaban J connectivity index is 1.36. The predicted molar refractivity (Wildman–Crippen MR) is 123 cm³/mol. The average molecular weight is 409 g/mol. The van der Waals surface area contributed by atoms with E-state index < -0.39 is 0 Å². The van der Waals surface area contributed by atoms with E-state index in [1.807, 2.05) is 6.07 Å². The van der Waals surface area contributed by atoms with Gasteiger partial charge in [-0.15, -0.1) is 11.3 Å². The SMILES string of the molecule is Cc1ccc(C)c(NC(=S)N2CCN(c3nc(-c4ccccc4)cs3)CC2)c1. The molecule has 4 rings (SSSR count). The minimum absolute atomic E-state index is 0.803. The van der Waals surface area contributed by atoms with Crippen LogP contribution in [0.2, 0.25) is 0 Å². The van der Waals surface area contributed by atoms with E-state index in [1.54, 1.807) is 11.3 Å². The number of piperazine rings is 1. The highest BCUT2D eigenvalue weighted by Gasteiger charge is 2.21. The third-order valence-corrected chi connectivity index (χ3v) is 6.30. The summed E-state index contributed by atoms with van der Waals surface area (Å²) in [6, 6.07) is 16.8. The van der Waals surface area contributed by atoms with Crippen LogP contribution in [-0.4, -0.2) is 41.2 Å². The second kappa shape index (κ2) is 8.29. The van der Waals surface area contributed by atoms with Gasteiger partial charge >= 0.3 is 0 Å². The minimum atomic E-state index is 0.803. The van der Waals surface area contributed by atoms with Crippen LogP contribution in [0.5, 0.6) is 0 Å². The van der Waals surface area contributed by atoms with Crippen LogP contribution in [0.3, 0.4) is 0 Å². The van der Waals surface area contributed by atoms with Crippen molar-refractivity contribution in [1.82, 2.24) is 9.88 Å². The number of aryl methyl sites for hydroxylation is 2. The lowest BCUT2D eigenvalue weighted by Gasteiger charge is -2.36. The Morgan fingerprint density at radius 2 is 1.79 bits per heavy atom. The van der Waals surface area contributed by atoms with Crippen LogP contribution in [-0.2, 0) is 0 Å². The van der Waals surface area contributed by atoms with Crippen molar-refractivity contribution >= 4 is 39.5 Å². The lowest BCUT2D eigenvalue weighted by Crippen LogP contribution is -2.50. The van der Waals surface area contributed by atoms with E-state index in [0.717, 1.165) is 47.8 Å². The van der Waals surface area contributed by atoms with E-state index in [2.05, 4.69) is 76.8 Å². The number of hydrogen-bond donors (Lipinski definition) is 1. The molecule has 0 saturated carbocycles. The van der Waals surface area contributed by atoms with Crippen LogP contribution >= 0.6 is 23.6 Å². The van der Waals surface area contributed by atoms with Crippen molar-refractivity contribution in [2.75, 3.05) is 36.4 Å². The molecule has 0 spiro atoms. The third-order valence-electron chi connectivity index (χ3n) is 5.03. The monoisotopic (exact) mass is 408 g/mol. The maximum atomic E-state index is 5.67. The molecular weight excluding hydrogens is 384 g/mol. The van der Waals surface area contributed by atoms with E-state index in [1.165, 1.54) is 16.7 Å². The molecule has 144 valence electrons. The first-order valence-electron chi connectivity index (χ1n) is 9.49. The number of rotatable bonds is 3. The summed E-state index contributed by atoms with van der Waals surface area (Å²) in [5.41, 5.74) is 5.76. The van der Waals surface area contributed by atoms with Gasteiger partial charge in [0.15, 0.2) is 10.2 Å². The zero-order valence-corrected chi connectivity index (χ0v) is 17.8. The third kappa shape index (κ3) is 4.18. The lowest BCUT2D eigenvalue weighted by molar-refractivity contribution is 0.390. The molecule has 0 amide bonds. The maximum absolute atomic E-state index is 5.67. The van der Waals surface area contributed by atoms with Crippen molar-refractivity contribution in [3.05, 3.63) is 65.0 Å². The van der Waals surface area contributed by atoms with Gasteiger partial charge in [0.2, 0.25) is 0 Å². The highest BCUT2D eigenvalue weighted by atomic mass is 32.1. The molecule has 2 aromatic carbocycles. The van der Waals surface area contributed by atoms with Gasteiger partial charge in [-0.2, -0.15) is 0 Å². The van der Waals surface area contributed by atoms with E-state index in [9.17, 15) is 0 Å². The molecule has 3 aromatic rings. The number of benzene rings is 2. The lowest BCUT2D eigenvalue weighted by atomic mass is 10.1. The van der Waals surface area contributed by atoms with Gasteiger partial charge in [0, 0.05) is 42.8 Å². The summed E-state index contributed by atoms with van der Waals surface area (Å²) in [7, 11) is 0. The van der Waals surface area contributed by atoms with E-state index in [4.69, 9.17) is 17.2 Å². The van der Waals surface area contributed by atoms with Crippen LogP contribution in [0.15, 0.2) is 53.9 Å². The summed E-state index contributed by atoms with van der Waals surface area (Å²) in [6.45, 7) is 7.86. The molecule has 0 bridgehead atoms. The van der Waals surface area contributed by atoms with Crippen LogP contribution in [0.1, 0.15) is 11.1 Å². The molecule has 28 heavy (non-hydrogen) atoms. The molecule has 6 heteroatoms. The van der Waals surface area contributed by atoms with Gasteiger partial charge in [0.1, 0.15) is 0 Å². The molecule has 1 aliphatic heterocycles. The molecule has 1 N–H and O–H groups in total. The van der Waals surface area contributed by atoms with Crippen molar-refractivity contribution in [2.45, 2.75) is 13.8 Å². The van der Waals surface area contributed by atoms with Crippen molar-refractivity contribution in [3.8, 4) is 11.3 Å². The Bertz CT molecular complexity index is 960. The summed E-state index contributed by atoms with van der Waals surface area (Å²) >= 11 is 7.38. The smallest absolute Gasteiger partial charge is 0.185 e. The first kappa shape index (κ1) is 18.9. The molecule has 4 nitrogen and oxygen atoms in total. The minimum Gasteiger partial charge on any atom is -0.345 e. The van der Waals surface area contributed by atoms with E-state index >= 15 is 0 Å². The second-order valence-electron chi connectivity index (χ2n) is 7.10. The van der Waals surface area contributed by atoms with Gasteiger partial charge in [-0.05, 0) is 43.3 Å². The molecule has 1 saturated heterocycles. The zero-order chi connectivity index (χ0) is 19.5. The number of anilines is 2. The number of thiazole rings is 1. The first-order chi connectivity index (χ1) is 13.6. The Hall–Kier alpha value is -2.44. The number of aromatic nitrogens is 1. The molecule has 0 atom stereocenters. The largest absolute Gasteiger partial charge is 0.345 e. The van der Waals surface area contributed by atoms with Gasteiger partial charge in [-0.25, -0.2) is 4.98 Å². The fraction of sp³-hybridized carbons (Fsp3) is 0.273. The Morgan fingerprint density at radius 3 is 2.54 bits per heavy atom. The quantitative estimate of drug-likeness (QED) is 0.620. The highest BCUT2D eigenvalue weighted by molar-refractivity contribution is 7.80. The Morgan fingerprint density at radius 1 is 1.04 bits per heavy atom. The highest BCUT2D eigenvalue weighted by Crippen LogP contribution is 2.28. The average Bonchev–Trinajstić information content (AvgIpc) is 3.22. The number of thiocarbonyl (C=S) groups is 1. The molecule has 0 unspecified atom stereocenters. The summed E-state index contributed by atoms with van der Waals surface area (Å²) in [6.07, 6.45) is 0. The molecule has 0 radical (unpaired) electrons. The molecule has 0 aliphatic carbocycles. The van der Waals surface area contributed by atoms with Gasteiger partial charge in [0.05, 0.1) is 5.69 Å². The summed E-state index contributed by atoms with van der Waals surface area (Å²) in [5.74, 6) is 0. The first-order valence-corrected chi connectivity index (χ1v) is 10.8. The molecule has 1 fully saturated rings. The van der Waals surface area contributed by atoms with Gasteiger partial charge in [0.25, 0.3) is 0 Å². The second-order valence-corrected chi connectivity index (χ2v) is 8.33. The van der Waals surface area contributed by atoms with E-state index in [-0.39, 0.29) is 0 Å². The van der Waals surface area contributed by atoms with Crippen molar-refractivity contribution < 1.29 is 0 Å². The van der Waals surface area contributed by atoms with Crippen LogP contribution < -0.4 is 10.2 Å². The Labute approximate surface area is 175 Å². The predicted octanol–water partition coefficient (Wildman–Crippen LogP) is 4.95. The van der Waals surface area contributed by atoms with Crippen LogP contribution in [0.4, 0.5) is 10.8 Å². The number of nitrogens with zero attached hydrogens (tertiary/aromatic N) is 3. The Kier molecular flexibility index (Phi) is 5.59. The van der Waals surface area contributed by atoms with Crippen molar-refractivity contribution in [1.29, 1.82) is 0 Å². The number of hydrogen-bond acceptors (Lipinski definition) is 4.